The number of alkyl halides is 2. The molecule has 0 aliphatic rings. The van der Waals surface area contributed by atoms with E-state index in [1.807, 2.05) is 19.0 Å². The van der Waals surface area contributed by atoms with Crippen molar-refractivity contribution in [1.82, 2.24) is 14.7 Å². The molecule has 0 aromatic carbocycles. The fourth-order valence-corrected chi connectivity index (χ4v) is 1.77. The first kappa shape index (κ1) is 17.0. The zero-order chi connectivity index (χ0) is 15.3. The number of anilines is 1. The highest BCUT2D eigenvalue weighted by Gasteiger charge is 2.27. The van der Waals surface area contributed by atoms with E-state index in [1.54, 1.807) is 0 Å². The Morgan fingerprint density at radius 1 is 1.55 bits per heavy atom. The Hall–Kier alpha value is -1.06. The molecule has 2 N–H and O–H groups in total. The summed E-state index contributed by atoms with van der Waals surface area (Å²) in [6.45, 7) is -0.998. The van der Waals surface area contributed by atoms with Crippen LogP contribution in [-0.2, 0) is 6.54 Å². The maximum absolute atomic E-state index is 12.9. The maximum Gasteiger partial charge on any atom is 0.287 e. The number of halogens is 3. The van der Waals surface area contributed by atoms with Crippen molar-refractivity contribution in [2.45, 2.75) is 12.5 Å². The van der Waals surface area contributed by atoms with Gasteiger partial charge in [-0.2, -0.15) is 5.10 Å². The number of nitrogens with one attached hydrogen (secondary N) is 1. The van der Waals surface area contributed by atoms with Crippen LogP contribution in [0.3, 0.4) is 0 Å². The van der Waals surface area contributed by atoms with Gasteiger partial charge in [0.05, 0.1) is 25.0 Å². The lowest BCUT2D eigenvalue weighted by molar-refractivity contribution is -0.0373. The smallest absolute Gasteiger partial charge is 0.287 e. The van der Waals surface area contributed by atoms with Crippen molar-refractivity contribution in [3.8, 4) is 0 Å². The first-order valence-corrected chi connectivity index (χ1v) is 6.69. The Labute approximate surface area is 123 Å². The Kier molecular flexibility index (Phi) is 6.03. The van der Waals surface area contributed by atoms with E-state index in [9.17, 15) is 13.6 Å². The van der Waals surface area contributed by atoms with E-state index < -0.39 is 24.6 Å². The molecule has 0 spiro atoms. The van der Waals surface area contributed by atoms with E-state index in [1.165, 1.54) is 10.9 Å². The molecule has 1 aromatic rings. The number of likely N-dealkylation sites (N-methyl/N-ethyl adjacent to an activating group) is 1. The summed E-state index contributed by atoms with van der Waals surface area (Å²) >= 11 is 3.07. The molecule has 20 heavy (non-hydrogen) atoms. The number of hydrogen-bond acceptors (Lipinski definition) is 5. The third-order valence-electron chi connectivity index (χ3n) is 2.51. The van der Waals surface area contributed by atoms with Crippen LogP contribution in [0, 0.1) is 0 Å². The first-order valence-electron chi connectivity index (χ1n) is 5.90. The van der Waals surface area contributed by atoms with Crippen LogP contribution >= 0.6 is 15.9 Å². The SMILES string of the molecule is CN(C)CCn1ncc(NCC(F)(F)CO)c(Br)c1=O. The highest BCUT2D eigenvalue weighted by atomic mass is 79.9. The van der Waals surface area contributed by atoms with Gasteiger partial charge in [0.25, 0.3) is 11.5 Å². The van der Waals surface area contributed by atoms with Gasteiger partial charge in [-0.15, -0.1) is 0 Å². The first-order chi connectivity index (χ1) is 9.26. The summed E-state index contributed by atoms with van der Waals surface area (Å²) in [5, 5.41) is 14.8. The number of hydrogen-bond donors (Lipinski definition) is 2. The summed E-state index contributed by atoms with van der Waals surface area (Å²) in [7, 11) is 3.74. The summed E-state index contributed by atoms with van der Waals surface area (Å²) in [6.07, 6.45) is 1.30. The molecule has 0 amide bonds. The lowest BCUT2D eigenvalue weighted by Crippen LogP contribution is -2.33. The van der Waals surface area contributed by atoms with E-state index in [2.05, 4.69) is 26.3 Å². The third-order valence-corrected chi connectivity index (χ3v) is 3.28. The van der Waals surface area contributed by atoms with Crippen LogP contribution in [-0.4, -0.2) is 59.5 Å². The van der Waals surface area contributed by atoms with E-state index in [-0.39, 0.29) is 10.2 Å². The number of aliphatic hydroxyl groups excluding tert-OH is 1. The molecule has 1 rings (SSSR count). The quantitative estimate of drug-likeness (QED) is 0.750. The molecular formula is C11H17BrF2N4O2. The van der Waals surface area contributed by atoms with Crippen molar-refractivity contribution in [3.05, 3.63) is 21.0 Å². The molecule has 1 heterocycles. The van der Waals surface area contributed by atoms with Crippen molar-refractivity contribution >= 4 is 21.6 Å². The van der Waals surface area contributed by atoms with Gasteiger partial charge in [-0.1, -0.05) is 0 Å². The summed E-state index contributed by atoms with van der Waals surface area (Å²) in [4.78, 5) is 13.9. The summed E-state index contributed by atoms with van der Waals surface area (Å²) < 4.78 is 27.2. The predicted molar refractivity (Wildman–Crippen MR) is 75.3 cm³/mol. The second-order valence-corrected chi connectivity index (χ2v) is 5.36. The number of aromatic nitrogens is 2. The van der Waals surface area contributed by atoms with Crippen LogP contribution in [0.1, 0.15) is 0 Å². The summed E-state index contributed by atoms with van der Waals surface area (Å²) in [5.74, 6) is -3.25. The highest BCUT2D eigenvalue weighted by molar-refractivity contribution is 9.10. The molecular weight excluding hydrogens is 338 g/mol. The molecule has 6 nitrogen and oxygen atoms in total. The minimum Gasteiger partial charge on any atom is -0.390 e. The van der Waals surface area contributed by atoms with E-state index in [4.69, 9.17) is 5.11 Å². The minimum absolute atomic E-state index is 0.139. The van der Waals surface area contributed by atoms with Gasteiger partial charge in [-0.25, -0.2) is 13.5 Å². The number of nitrogens with zero attached hydrogens (tertiary/aromatic N) is 3. The standard InChI is InChI=1S/C11H17BrF2N4O2/c1-17(2)3-4-18-10(20)9(12)8(5-16-18)15-6-11(13,14)7-19/h5,15,19H,3-4,6-7H2,1-2H3. The summed E-state index contributed by atoms with van der Waals surface area (Å²) in [6, 6.07) is 0. The topological polar surface area (TPSA) is 70.4 Å². The lowest BCUT2D eigenvalue weighted by Gasteiger charge is -2.16. The molecule has 114 valence electrons. The van der Waals surface area contributed by atoms with E-state index in [0.29, 0.717) is 13.1 Å². The Bertz CT molecular complexity index is 508. The highest BCUT2D eigenvalue weighted by Crippen LogP contribution is 2.19. The van der Waals surface area contributed by atoms with Gasteiger partial charge < -0.3 is 15.3 Å². The second kappa shape index (κ2) is 7.09. The molecule has 0 atom stereocenters. The third kappa shape index (κ3) is 4.80. The van der Waals surface area contributed by atoms with Gasteiger partial charge in [-0.3, -0.25) is 4.79 Å². The van der Waals surface area contributed by atoms with Crippen LogP contribution in [0.4, 0.5) is 14.5 Å². The largest absolute Gasteiger partial charge is 0.390 e. The maximum atomic E-state index is 12.9. The zero-order valence-corrected chi connectivity index (χ0v) is 12.8. The average molecular weight is 355 g/mol. The van der Waals surface area contributed by atoms with Gasteiger partial charge in [0, 0.05) is 6.54 Å². The van der Waals surface area contributed by atoms with Crippen molar-refractivity contribution in [2.24, 2.45) is 0 Å². The van der Waals surface area contributed by atoms with Crippen LogP contribution in [0.25, 0.3) is 0 Å². The van der Waals surface area contributed by atoms with Crippen molar-refractivity contribution < 1.29 is 13.9 Å². The lowest BCUT2D eigenvalue weighted by atomic mass is 10.3. The van der Waals surface area contributed by atoms with E-state index >= 15 is 0 Å². The Balaban J connectivity index is 2.81. The number of rotatable bonds is 7. The molecule has 0 aliphatic heterocycles. The fraction of sp³-hybridized carbons (Fsp3) is 0.636. The van der Waals surface area contributed by atoms with Crippen molar-refractivity contribution in [3.63, 3.8) is 0 Å². The van der Waals surface area contributed by atoms with Crippen LogP contribution in [0.15, 0.2) is 15.5 Å². The molecule has 0 fully saturated rings. The monoisotopic (exact) mass is 354 g/mol. The zero-order valence-electron chi connectivity index (χ0n) is 11.2. The number of aliphatic hydroxyl groups is 1. The van der Waals surface area contributed by atoms with Gasteiger partial charge >= 0.3 is 0 Å². The fourth-order valence-electron chi connectivity index (χ4n) is 1.32. The average Bonchev–Trinajstić information content (AvgIpc) is 2.39. The van der Waals surface area contributed by atoms with Crippen molar-refractivity contribution in [2.75, 3.05) is 39.1 Å². The van der Waals surface area contributed by atoms with Gasteiger partial charge in [0.15, 0.2) is 0 Å². The molecule has 0 unspecified atom stereocenters. The Morgan fingerprint density at radius 3 is 2.75 bits per heavy atom. The van der Waals surface area contributed by atoms with E-state index in [0.717, 1.165) is 0 Å². The normalized spacial score (nSPS) is 11.9. The minimum atomic E-state index is -3.25. The van der Waals surface area contributed by atoms with Gasteiger partial charge in [0.2, 0.25) is 0 Å². The predicted octanol–water partition coefficient (Wildman–Crippen LogP) is 0.607. The Morgan fingerprint density at radius 2 is 2.20 bits per heavy atom. The molecule has 9 heteroatoms. The molecule has 0 aliphatic carbocycles. The molecule has 0 saturated heterocycles. The van der Waals surface area contributed by atoms with Crippen molar-refractivity contribution in [1.29, 1.82) is 0 Å². The molecule has 0 bridgehead atoms. The van der Waals surface area contributed by atoms with Gasteiger partial charge in [-0.05, 0) is 30.0 Å². The van der Waals surface area contributed by atoms with Crippen LogP contribution < -0.4 is 10.9 Å². The second-order valence-electron chi connectivity index (χ2n) is 4.57. The molecule has 0 radical (unpaired) electrons. The van der Waals surface area contributed by atoms with Gasteiger partial charge in [0.1, 0.15) is 11.1 Å². The van der Waals surface area contributed by atoms with Crippen LogP contribution in [0.5, 0.6) is 0 Å². The van der Waals surface area contributed by atoms with Crippen LogP contribution in [0.2, 0.25) is 0 Å². The molecule has 1 aromatic heterocycles. The summed E-state index contributed by atoms with van der Waals surface area (Å²) in [5.41, 5.74) is -0.228. The molecule has 0 saturated carbocycles.